The van der Waals surface area contributed by atoms with E-state index in [1.165, 1.54) is 24.3 Å². The van der Waals surface area contributed by atoms with Gasteiger partial charge in [0.15, 0.2) is 0 Å². The molecule has 7 nitrogen and oxygen atoms in total. The van der Waals surface area contributed by atoms with Crippen LogP contribution in [0.1, 0.15) is 26.3 Å². The Morgan fingerprint density at radius 1 is 0.938 bits per heavy atom. The predicted molar refractivity (Wildman–Crippen MR) is 125 cm³/mol. The number of hydrogen-bond acceptors (Lipinski definition) is 4. The predicted octanol–water partition coefficient (Wildman–Crippen LogP) is 4.57. The lowest BCUT2D eigenvalue weighted by atomic mass is 10.1. The molecule has 0 fully saturated rings. The number of carboxylic acids is 1. The van der Waals surface area contributed by atoms with Gasteiger partial charge in [-0.05, 0) is 66.2 Å². The second-order valence-corrected chi connectivity index (χ2v) is 7.55. The van der Waals surface area contributed by atoms with E-state index in [1.54, 1.807) is 61.7 Å². The summed E-state index contributed by atoms with van der Waals surface area (Å²) in [6.07, 6.45) is 1.52. The van der Waals surface area contributed by atoms with Gasteiger partial charge < -0.3 is 20.5 Å². The standard InChI is InChI=1S/C24H19BrN2O5/c1-32-20-11-5-15(6-12-20)13-21(27-22(28)16-7-9-18(25)10-8-16)23(29)26-19-4-2-3-17(14-19)24(30)31/h2-14H,1H3,(H,26,29)(H,27,28)(H,30,31). The maximum Gasteiger partial charge on any atom is 0.335 e. The van der Waals surface area contributed by atoms with Crippen molar-refractivity contribution in [3.8, 4) is 5.75 Å². The van der Waals surface area contributed by atoms with E-state index in [0.29, 0.717) is 16.9 Å². The summed E-state index contributed by atoms with van der Waals surface area (Å²) in [7, 11) is 1.55. The molecule has 0 unspecified atom stereocenters. The molecule has 3 N–H and O–H groups in total. The quantitative estimate of drug-likeness (QED) is 0.417. The molecule has 162 valence electrons. The number of halogens is 1. The highest BCUT2D eigenvalue weighted by molar-refractivity contribution is 9.10. The van der Waals surface area contributed by atoms with Crippen LogP contribution in [0.2, 0.25) is 0 Å². The topological polar surface area (TPSA) is 105 Å². The van der Waals surface area contributed by atoms with Crippen LogP contribution in [0.4, 0.5) is 5.69 Å². The molecule has 2 amide bonds. The number of methoxy groups -OCH3 is 1. The molecule has 0 saturated heterocycles. The Labute approximate surface area is 192 Å². The molecule has 0 radical (unpaired) electrons. The zero-order chi connectivity index (χ0) is 23.1. The molecule has 0 aliphatic heterocycles. The van der Waals surface area contributed by atoms with Crippen molar-refractivity contribution in [1.82, 2.24) is 5.32 Å². The zero-order valence-corrected chi connectivity index (χ0v) is 18.5. The fourth-order valence-electron chi connectivity index (χ4n) is 2.75. The highest BCUT2D eigenvalue weighted by atomic mass is 79.9. The number of carbonyl (C=O) groups is 3. The van der Waals surface area contributed by atoms with Gasteiger partial charge in [-0.1, -0.05) is 34.1 Å². The molecule has 3 aromatic rings. The summed E-state index contributed by atoms with van der Waals surface area (Å²) in [6.45, 7) is 0. The zero-order valence-electron chi connectivity index (χ0n) is 17.0. The second-order valence-electron chi connectivity index (χ2n) is 6.63. The average Bonchev–Trinajstić information content (AvgIpc) is 2.79. The number of anilines is 1. The molecule has 0 atom stereocenters. The van der Waals surface area contributed by atoms with E-state index >= 15 is 0 Å². The van der Waals surface area contributed by atoms with Crippen molar-refractivity contribution in [1.29, 1.82) is 0 Å². The summed E-state index contributed by atoms with van der Waals surface area (Å²) in [5.41, 5.74) is 1.33. The lowest BCUT2D eigenvalue weighted by Gasteiger charge is -2.12. The summed E-state index contributed by atoms with van der Waals surface area (Å²) < 4.78 is 5.96. The van der Waals surface area contributed by atoms with Gasteiger partial charge in [0.25, 0.3) is 11.8 Å². The molecule has 0 saturated carbocycles. The van der Waals surface area contributed by atoms with Crippen molar-refractivity contribution in [3.63, 3.8) is 0 Å². The molecular weight excluding hydrogens is 476 g/mol. The van der Waals surface area contributed by atoms with Crippen LogP contribution in [-0.4, -0.2) is 30.0 Å². The minimum absolute atomic E-state index is 0.0104. The highest BCUT2D eigenvalue weighted by Gasteiger charge is 2.16. The lowest BCUT2D eigenvalue weighted by molar-refractivity contribution is -0.113. The summed E-state index contributed by atoms with van der Waals surface area (Å²) in [6, 6.07) is 19.5. The lowest BCUT2D eigenvalue weighted by Crippen LogP contribution is -2.30. The molecule has 0 heterocycles. The number of aromatic carboxylic acids is 1. The molecule has 0 aliphatic rings. The van der Waals surface area contributed by atoms with E-state index in [9.17, 15) is 14.4 Å². The van der Waals surface area contributed by atoms with E-state index in [4.69, 9.17) is 9.84 Å². The Hall–Kier alpha value is -3.91. The van der Waals surface area contributed by atoms with Gasteiger partial charge in [0, 0.05) is 15.7 Å². The van der Waals surface area contributed by atoms with Gasteiger partial charge in [-0.25, -0.2) is 4.79 Å². The van der Waals surface area contributed by atoms with Crippen molar-refractivity contribution in [3.05, 3.63) is 99.7 Å². The minimum Gasteiger partial charge on any atom is -0.497 e. The third-order valence-corrected chi connectivity index (χ3v) is 4.92. The summed E-state index contributed by atoms with van der Waals surface area (Å²) in [5, 5.41) is 14.4. The van der Waals surface area contributed by atoms with Crippen LogP contribution in [0.15, 0.2) is 83.0 Å². The molecule has 32 heavy (non-hydrogen) atoms. The first kappa shape index (κ1) is 22.8. The number of carboxylic acid groups (broad SMARTS) is 1. The molecule has 8 heteroatoms. The van der Waals surface area contributed by atoms with Gasteiger partial charge >= 0.3 is 5.97 Å². The van der Waals surface area contributed by atoms with Crippen LogP contribution >= 0.6 is 15.9 Å². The average molecular weight is 495 g/mol. The Morgan fingerprint density at radius 2 is 1.62 bits per heavy atom. The summed E-state index contributed by atoms with van der Waals surface area (Å²) in [4.78, 5) is 36.9. The highest BCUT2D eigenvalue weighted by Crippen LogP contribution is 2.17. The van der Waals surface area contributed by atoms with E-state index in [0.717, 1.165) is 4.47 Å². The first-order valence-electron chi connectivity index (χ1n) is 9.43. The van der Waals surface area contributed by atoms with E-state index < -0.39 is 17.8 Å². The van der Waals surface area contributed by atoms with Crippen LogP contribution in [0.3, 0.4) is 0 Å². The maximum absolute atomic E-state index is 13.0. The Morgan fingerprint density at radius 3 is 2.25 bits per heavy atom. The molecule has 3 rings (SSSR count). The first-order valence-corrected chi connectivity index (χ1v) is 10.2. The monoisotopic (exact) mass is 494 g/mol. The Balaban J connectivity index is 1.89. The van der Waals surface area contributed by atoms with Crippen molar-refractivity contribution in [2.45, 2.75) is 0 Å². The normalized spacial score (nSPS) is 10.9. The van der Waals surface area contributed by atoms with Crippen molar-refractivity contribution < 1.29 is 24.2 Å². The van der Waals surface area contributed by atoms with Gasteiger partial charge in [0.1, 0.15) is 11.4 Å². The minimum atomic E-state index is -1.11. The van der Waals surface area contributed by atoms with E-state index in [1.807, 2.05) is 0 Å². The van der Waals surface area contributed by atoms with Gasteiger partial charge in [-0.3, -0.25) is 9.59 Å². The molecule has 0 bridgehead atoms. The fraction of sp³-hybridized carbons (Fsp3) is 0.0417. The third kappa shape index (κ3) is 6.05. The first-order chi connectivity index (χ1) is 15.4. The SMILES string of the molecule is COc1ccc(C=C(NC(=O)c2ccc(Br)cc2)C(=O)Nc2cccc(C(=O)O)c2)cc1. The number of ether oxygens (including phenoxy) is 1. The molecule has 0 aliphatic carbocycles. The molecule has 3 aromatic carbocycles. The third-order valence-electron chi connectivity index (χ3n) is 4.39. The van der Waals surface area contributed by atoms with Crippen LogP contribution in [-0.2, 0) is 4.79 Å². The molecule has 0 spiro atoms. The fourth-order valence-corrected chi connectivity index (χ4v) is 3.01. The van der Waals surface area contributed by atoms with Crippen molar-refractivity contribution in [2.75, 3.05) is 12.4 Å². The number of carbonyl (C=O) groups excluding carboxylic acids is 2. The number of hydrogen-bond donors (Lipinski definition) is 3. The summed E-state index contributed by atoms with van der Waals surface area (Å²) in [5.74, 6) is -1.53. The smallest absolute Gasteiger partial charge is 0.335 e. The van der Waals surface area contributed by atoms with Crippen LogP contribution in [0, 0.1) is 0 Å². The van der Waals surface area contributed by atoms with E-state index in [2.05, 4.69) is 26.6 Å². The van der Waals surface area contributed by atoms with Crippen molar-refractivity contribution >= 4 is 45.5 Å². The van der Waals surface area contributed by atoms with Crippen LogP contribution in [0.5, 0.6) is 5.75 Å². The second kappa shape index (κ2) is 10.4. The van der Waals surface area contributed by atoms with Crippen LogP contribution in [0.25, 0.3) is 6.08 Å². The molecule has 0 aromatic heterocycles. The maximum atomic E-state index is 13.0. The Bertz CT molecular complexity index is 1170. The number of rotatable bonds is 7. The largest absolute Gasteiger partial charge is 0.497 e. The molecular formula is C24H19BrN2O5. The Kier molecular flexibility index (Phi) is 7.41. The number of nitrogens with one attached hydrogen (secondary N) is 2. The van der Waals surface area contributed by atoms with Crippen molar-refractivity contribution in [2.24, 2.45) is 0 Å². The van der Waals surface area contributed by atoms with Crippen LogP contribution < -0.4 is 15.4 Å². The van der Waals surface area contributed by atoms with Gasteiger partial charge in [-0.15, -0.1) is 0 Å². The van der Waals surface area contributed by atoms with Gasteiger partial charge in [0.05, 0.1) is 12.7 Å². The van der Waals surface area contributed by atoms with E-state index in [-0.39, 0.29) is 16.9 Å². The number of amides is 2. The van der Waals surface area contributed by atoms with Gasteiger partial charge in [-0.2, -0.15) is 0 Å². The van der Waals surface area contributed by atoms with Gasteiger partial charge in [0.2, 0.25) is 0 Å². The number of benzene rings is 3. The summed E-state index contributed by atoms with van der Waals surface area (Å²) >= 11 is 3.32.